The lowest BCUT2D eigenvalue weighted by atomic mass is 10.4. The molecule has 0 atom stereocenters. The Morgan fingerprint density at radius 3 is 2.50 bits per heavy atom. The summed E-state index contributed by atoms with van der Waals surface area (Å²) < 4.78 is 0. The third-order valence-electron chi connectivity index (χ3n) is 0.775. The molecule has 0 heterocycles. The molecule has 0 rings (SSSR count). The molecule has 46 valence electrons. The minimum absolute atomic E-state index is 0.552. The van der Waals surface area contributed by atoms with Crippen LogP contribution in [0.3, 0.4) is 0 Å². The lowest BCUT2D eigenvalue weighted by Gasteiger charge is -2.00. The van der Waals surface area contributed by atoms with Crippen LogP contribution in [-0.4, -0.2) is 12.6 Å². The third-order valence-corrected chi connectivity index (χ3v) is 0.775. The van der Waals surface area contributed by atoms with Crippen molar-refractivity contribution >= 4 is 0 Å². The summed E-state index contributed by atoms with van der Waals surface area (Å²) >= 11 is 0. The number of nitrogens with one attached hydrogen (secondary N) is 1. The number of rotatable bonds is 2. The Balaban J connectivity index is 3.01. The summed E-state index contributed by atoms with van der Waals surface area (Å²) in [7, 11) is 0. The van der Waals surface area contributed by atoms with Crippen LogP contribution in [0.5, 0.6) is 0 Å². The molecule has 0 amide bonds. The normalized spacial score (nSPS) is 8.50. The van der Waals surface area contributed by atoms with E-state index in [9.17, 15) is 0 Å². The number of hydrogen-bond acceptors (Lipinski definition) is 1. The fraction of sp³-hybridized carbons (Fsp3) is 0.714. The predicted octanol–water partition coefficient (Wildman–Crippen LogP) is 1.01. The van der Waals surface area contributed by atoms with Crippen LogP contribution in [0.25, 0.3) is 0 Å². The average molecular weight is 111 g/mol. The molecule has 0 aromatic heterocycles. The first-order valence-corrected chi connectivity index (χ1v) is 2.90. The van der Waals surface area contributed by atoms with E-state index >= 15 is 0 Å². The van der Waals surface area contributed by atoms with Crippen LogP contribution < -0.4 is 5.32 Å². The van der Waals surface area contributed by atoms with Crippen molar-refractivity contribution < 1.29 is 0 Å². The van der Waals surface area contributed by atoms with Crippen molar-refractivity contribution in [1.82, 2.24) is 5.32 Å². The Morgan fingerprint density at radius 2 is 2.12 bits per heavy atom. The summed E-state index contributed by atoms with van der Waals surface area (Å²) in [5, 5.41) is 3.17. The van der Waals surface area contributed by atoms with Crippen LogP contribution in [0.1, 0.15) is 20.8 Å². The van der Waals surface area contributed by atoms with Crippen LogP contribution in [-0.2, 0) is 0 Å². The highest BCUT2D eigenvalue weighted by atomic mass is 14.9. The molecule has 0 aliphatic heterocycles. The van der Waals surface area contributed by atoms with E-state index in [1.54, 1.807) is 0 Å². The molecule has 0 aromatic rings. The summed E-state index contributed by atoms with van der Waals surface area (Å²) in [5.74, 6) is 5.73. The SMILES string of the molecule is CC#CCNC(C)C. The quantitative estimate of drug-likeness (QED) is 0.524. The van der Waals surface area contributed by atoms with Crippen molar-refractivity contribution in [3.63, 3.8) is 0 Å². The molecule has 0 aliphatic carbocycles. The summed E-state index contributed by atoms with van der Waals surface area (Å²) in [4.78, 5) is 0. The zero-order valence-electron chi connectivity index (χ0n) is 5.78. The van der Waals surface area contributed by atoms with Gasteiger partial charge in [-0.25, -0.2) is 0 Å². The molecule has 0 bridgehead atoms. The van der Waals surface area contributed by atoms with Crippen molar-refractivity contribution in [1.29, 1.82) is 0 Å². The van der Waals surface area contributed by atoms with Crippen LogP contribution >= 0.6 is 0 Å². The van der Waals surface area contributed by atoms with Crippen molar-refractivity contribution in [2.75, 3.05) is 6.54 Å². The molecule has 0 saturated heterocycles. The van der Waals surface area contributed by atoms with Crippen molar-refractivity contribution in [3.05, 3.63) is 0 Å². The van der Waals surface area contributed by atoms with Crippen molar-refractivity contribution in [2.24, 2.45) is 0 Å². The minimum atomic E-state index is 0.552. The molecule has 1 N–H and O–H groups in total. The molecule has 8 heavy (non-hydrogen) atoms. The topological polar surface area (TPSA) is 12.0 Å². The van der Waals surface area contributed by atoms with Gasteiger partial charge in [-0.05, 0) is 20.8 Å². The standard InChI is InChI=1S/C7H13N/c1-4-5-6-8-7(2)3/h7-8H,6H2,1-3H3. The first kappa shape index (κ1) is 7.52. The lowest BCUT2D eigenvalue weighted by molar-refractivity contribution is 0.638. The van der Waals surface area contributed by atoms with E-state index in [-0.39, 0.29) is 0 Å². The number of hydrogen-bond donors (Lipinski definition) is 1. The zero-order valence-corrected chi connectivity index (χ0v) is 5.78. The molecule has 0 saturated carbocycles. The fourth-order valence-corrected chi connectivity index (χ4v) is 0.344. The van der Waals surface area contributed by atoms with Gasteiger partial charge in [-0.15, -0.1) is 5.92 Å². The second kappa shape index (κ2) is 4.67. The highest BCUT2D eigenvalue weighted by molar-refractivity contribution is 4.97. The smallest absolute Gasteiger partial charge is 0.0578 e. The second-order valence-electron chi connectivity index (χ2n) is 1.96. The maximum atomic E-state index is 3.17. The first-order chi connectivity index (χ1) is 3.77. The lowest BCUT2D eigenvalue weighted by Crippen LogP contribution is -2.22. The fourth-order valence-electron chi connectivity index (χ4n) is 0.344. The highest BCUT2D eigenvalue weighted by Gasteiger charge is 1.84. The van der Waals surface area contributed by atoms with E-state index < -0.39 is 0 Å². The molecule has 0 aromatic carbocycles. The summed E-state index contributed by atoms with van der Waals surface area (Å²) in [5.41, 5.74) is 0. The van der Waals surface area contributed by atoms with Gasteiger partial charge in [0.15, 0.2) is 0 Å². The molecule has 0 unspecified atom stereocenters. The van der Waals surface area contributed by atoms with E-state index in [0.29, 0.717) is 6.04 Å². The molecule has 1 heteroatoms. The van der Waals surface area contributed by atoms with Gasteiger partial charge in [0, 0.05) is 6.04 Å². The first-order valence-electron chi connectivity index (χ1n) is 2.90. The molecule has 0 aliphatic rings. The van der Waals surface area contributed by atoms with E-state index in [1.165, 1.54) is 0 Å². The van der Waals surface area contributed by atoms with Gasteiger partial charge in [-0.3, -0.25) is 0 Å². The maximum absolute atomic E-state index is 3.17. The largest absolute Gasteiger partial charge is 0.304 e. The van der Waals surface area contributed by atoms with E-state index in [0.717, 1.165) is 6.54 Å². The highest BCUT2D eigenvalue weighted by Crippen LogP contribution is 1.71. The van der Waals surface area contributed by atoms with Crippen LogP contribution in [0.2, 0.25) is 0 Å². The Bertz CT molecular complexity index is 94.7. The van der Waals surface area contributed by atoms with Crippen LogP contribution in [0, 0.1) is 11.8 Å². The third kappa shape index (κ3) is 5.52. The van der Waals surface area contributed by atoms with E-state index in [1.807, 2.05) is 6.92 Å². The monoisotopic (exact) mass is 111 g/mol. The Morgan fingerprint density at radius 1 is 1.50 bits per heavy atom. The predicted molar refractivity (Wildman–Crippen MR) is 36.6 cm³/mol. The van der Waals surface area contributed by atoms with E-state index in [2.05, 4.69) is 31.0 Å². The van der Waals surface area contributed by atoms with Gasteiger partial charge >= 0.3 is 0 Å². The summed E-state index contributed by atoms with van der Waals surface area (Å²) in [6.45, 7) is 6.88. The van der Waals surface area contributed by atoms with Gasteiger partial charge in [0.25, 0.3) is 0 Å². The van der Waals surface area contributed by atoms with Gasteiger partial charge in [0.05, 0.1) is 6.54 Å². The summed E-state index contributed by atoms with van der Waals surface area (Å²) in [6.07, 6.45) is 0. The molecular formula is C7H13N. The summed E-state index contributed by atoms with van der Waals surface area (Å²) in [6, 6.07) is 0.552. The molecule has 0 fully saturated rings. The minimum Gasteiger partial charge on any atom is -0.304 e. The van der Waals surface area contributed by atoms with Gasteiger partial charge in [0.2, 0.25) is 0 Å². The van der Waals surface area contributed by atoms with Gasteiger partial charge in [-0.2, -0.15) is 0 Å². The zero-order chi connectivity index (χ0) is 6.41. The van der Waals surface area contributed by atoms with Gasteiger partial charge in [-0.1, -0.05) is 5.92 Å². The van der Waals surface area contributed by atoms with E-state index in [4.69, 9.17) is 0 Å². The molecule has 1 nitrogen and oxygen atoms in total. The van der Waals surface area contributed by atoms with Crippen LogP contribution in [0.4, 0.5) is 0 Å². The Kier molecular flexibility index (Phi) is 4.39. The maximum Gasteiger partial charge on any atom is 0.0578 e. The Hall–Kier alpha value is -0.480. The van der Waals surface area contributed by atoms with Gasteiger partial charge in [0.1, 0.15) is 0 Å². The van der Waals surface area contributed by atoms with Crippen molar-refractivity contribution in [3.8, 4) is 11.8 Å². The van der Waals surface area contributed by atoms with Crippen LogP contribution in [0.15, 0.2) is 0 Å². The molecular weight excluding hydrogens is 98.1 g/mol. The molecule has 0 spiro atoms. The average Bonchev–Trinajstić information content (AvgIpc) is 1.66. The van der Waals surface area contributed by atoms with Gasteiger partial charge < -0.3 is 5.32 Å². The molecule has 0 radical (unpaired) electrons. The Labute approximate surface area is 51.5 Å². The van der Waals surface area contributed by atoms with Crippen molar-refractivity contribution in [2.45, 2.75) is 26.8 Å². The second-order valence-corrected chi connectivity index (χ2v) is 1.96.